The summed E-state index contributed by atoms with van der Waals surface area (Å²) >= 11 is 0. The molecule has 1 aromatic carbocycles. The van der Waals surface area contributed by atoms with Crippen LogP contribution in [0, 0.1) is 18.7 Å². The van der Waals surface area contributed by atoms with Gasteiger partial charge in [-0.3, -0.25) is 0 Å². The van der Waals surface area contributed by atoms with Crippen molar-refractivity contribution in [1.29, 1.82) is 0 Å². The number of azo groups is 1. The molecule has 0 aliphatic carbocycles. The Morgan fingerprint density at radius 1 is 1.42 bits per heavy atom. The van der Waals surface area contributed by atoms with Crippen LogP contribution in [0.4, 0.5) is 4.39 Å². The van der Waals surface area contributed by atoms with E-state index in [1.165, 1.54) is 12.1 Å². The van der Waals surface area contributed by atoms with E-state index in [0.29, 0.717) is 11.1 Å². The van der Waals surface area contributed by atoms with Gasteiger partial charge < -0.3 is 5.11 Å². The molecular formula is C14H15FN2O2. The maximum atomic E-state index is 13.6. The Kier molecular flexibility index (Phi) is 3.22. The number of aromatic carboxylic acids is 1. The van der Waals surface area contributed by atoms with Gasteiger partial charge in [0, 0.05) is 6.20 Å². The molecule has 0 spiro atoms. The first-order chi connectivity index (χ1) is 8.88. The third-order valence-electron chi connectivity index (χ3n) is 3.47. The predicted octanol–water partition coefficient (Wildman–Crippen LogP) is 3.66. The van der Waals surface area contributed by atoms with Crippen molar-refractivity contribution in [2.24, 2.45) is 16.1 Å². The van der Waals surface area contributed by atoms with Gasteiger partial charge in [-0.25, -0.2) is 9.18 Å². The summed E-state index contributed by atoms with van der Waals surface area (Å²) in [5.74, 6) is -1.93. The lowest BCUT2D eigenvalue weighted by molar-refractivity contribution is 0.0691. The zero-order chi connectivity index (χ0) is 14.2. The minimum Gasteiger partial charge on any atom is -0.478 e. The zero-order valence-corrected chi connectivity index (χ0v) is 11.0. The number of benzene rings is 1. The van der Waals surface area contributed by atoms with Crippen molar-refractivity contribution in [3.05, 3.63) is 46.9 Å². The lowest BCUT2D eigenvalue weighted by Gasteiger charge is -2.29. The summed E-state index contributed by atoms with van der Waals surface area (Å²) in [5.41, 5.74) is 0.304. The Labute approximate surface area is 110 Å². The standard InChI is InChI=1S/C14H15FN2O2/c1-8(2)14(4-5-16-17-14)11-7-10(13(18)19)12(15)6-9(11)3/h4-8H,1-3H3,(H,18,19). The summed E-state index contributed by atoms with van der Waals surface area (Å²) < 4.78 is 13.6. The van der Waals surface area contributed by atoms with Crippen molar-refractivity contribution >= 4 is 5.97 Å². The average Bonchev–Trinajstić information content (AvgIpc) is 2.78. The highest BCUT2D eigenvalue weighted by Gasteiger charge is 2.37. The number of halogens is 1. The van der Waals surface area contributed by atoms with Crippen molar-refractivity contribution in [3.63, 3.8) is 0 Å². The van der Waals surface area contributed by atoms with Gasteiger partial charge in [-0.15, -0.1) is 0 Å². The predicted molar refractivity (Wildman–Crippen MR) is 68.6 cm³/mol. The minimum atomic E-state index is -1.28. The molecule has 1 N–H and O–H groups in total. The van der Waals surface area contributed by atoms with Crippen LogP contribution in [0.2, 0.25) is 0 Å². The molecule has 0 aromatic heterocycles. The Balaban J connectivity index is 2.68. The van der Waals surface area contributed by atoms with E-state index in [0.717, 1.165) is 0 Å². The van der Waals surface area contributed by atoms with Gasteiger partial charge in [0.05, 0.1) is 5.56 Å². The normalized spacial score (nSPS) is 21.3. The van der Waals surface area contributed by atoms with Crippen LogP contribution < -0.4 is 0 Å². The van der Waals surface area contributed by atoms with Gasteiger partial charge in [-0.2, -0.15) is 10.2 Å². The van der Waals surface area contributed by atoms with E-state index < -0.39 is 17.3 Å². The fraction of sp³-hybridized carbons (Fsp3) is 0.357. The van der Waals surface area contributed by atoms with E-state index in [4.69, 9.17) is 5.11 Å². The summed E-state index contributed by atoms with van der Waals surface area (Å²) in [6.45, 7) is 5.69. The van der Waals surface area contributed by atoms with Crippen LogP contribution in [0.3, 0.4) is 0 Å². The molecule has 19 heavy (non-hydrogen) atoms. The topological polar surface area (TPSA) is 62.0 Å². The van der Waals surface area contributed by atoms with Crippen molar-refractivity contribution in [1.82, 2.24) is 0 Å². The maximum absolute atomic E-state index is 13.6. The molecule has 0 saturated carbocycles. The van der Waals surface area contributed by atoms with E-state index in [2.05, 4.69) is 10.2 Å². The summed E-state index contributed by atoms with van der Waals surface area (Å²) in [5, 5.41) is 17.1. The number of nitrogens with zero attached hydrogens (tertiary/aromatic N) is 2. The average molecular weight is 262 g/mol. The number of hydrogen-bond donors (Lipinski definition) is 1. The molecule has 5 heteroatoms. The molecule has 0 amide bonds. The van der Waals surface area contributed by atoms with Crippen molar-refractivity contribution in [2.75, 3.05) is 0 Å². The first-order valence-electron chi connectivity index (χ1n) is 6.02. The molecule has 1 atom stereocenters. The summed E-state index contributed by atoms with van der Waals surface area (Å²) in [7, 11) is 0. The van der Waals surface area contributed by atoms with Gasteiger partial charge in [0.25, 0.3) is 0 Å². The monoisotopic (exact) mass is 262 g/mol. The number of carboxylic acid groups (broad SMARTS) is 1. The highest BCUT2D eigenvalue weighted by atomic mass is 19.1. The van der Waals surface area contributed by atoms with Crippen LogP contribution >= 0.6 is 0 Å². The van der Waals surface area contributed by atoms with Crippen molar-refractivity contribution in [2.45, 2.75) is 26.3 Å². The summed E-state index contributed by atoms with van der Waals surface area (Å²) in [4.78, 5) is 11.1. The van der Waals surface area contributed by atoms with Crippen molar-refractivity contribution in [3.8, 4) is 0 Å². The van der Waals surface area contributed by atoms with Gasteiger partial charge in [-0.1, -0.05) is 13.8 Å². The summed E-state index contributed by atoms with van der Waals surface area (Å²) in [6, 6.07) is 2.60. The Bertz CT molecular complexity index is 579. The van der Waals surface area contributed by atoms with E-state index in [9.17, 15) is 9.18 Å². The van der Waals surface area contributed by atoms with Gasteiger partial charge in [0.1, 0.15) is 11.4 Å². The highest BCUT2D eigenvalue weighted by molar-refractivity contribution is 5.88. The molecule has 4 nitrogen and oxygen atoms in total. The molecule has 0 radical (unpaired) electrons. The van der Waals surface area contributed by atoms with E-state index in [1.807, 2.05) is 19.9 Å². The highest BCUT2D eigenvalue weighted by Crippen LogP contribution is 2.41. The zero-order valence-electron chi connectivity index (χ0n) is 11.0. The van der Waals surface area contributed by atoms with Crippen molar-refractivity contribution < 1.29 is 14.3 Å². The molecule has 0 bridgehead atoms. The van der Waals surface area contributed by atoms with Crippen LogP contribution in [0.15, 0.2) is 34.6 Å². The second-order valence-electron chi connectivity index (χ2n) is 4.96. The number of carbonyl (C=O) groups is 1. The number of hydrogen-bond acceptors (Lipinski definition) is 3. The number of aryl methyl sites for hydroxylation is 1. The Morgan fingerprint density at radius 2 is 2.11 bits per heavy atom. The number of rotatable bonds is 3. The van der Waals surface area contributed by atoms with Gasteiger partial charge >= 0.3 is 5.97 Å². The minimum absolute atomic E-state index is 0.0841. The molecule has 100 valence electrons. The molecule has 1 aliphatic rings. The molecule has 0 fully saturated rings. The molecule has 1 aromatic rings. The lowest BCUT2D eigenvalue weighted by Crippen LogP contribution is -2.27. The Morgan fingerprint density at radius 3 is 2.58 bits per heavy atom. The quantitative estimate of drug-likeness (QED) is 0.903. The fourth-order valence-electron chi connectivity index (χ4n) is 2.34. The molecule has 2 rings (SSSR count). The largest absolute Gasteiger partial charge is 0.478 e. The molecule has 1 aliphatic heterocycles. The van der Waals surface area contributed by atoms with Gasteiger partial charge in [0.2, 0.25) is 0 Å². The molecule has 1 heterocycles. The van der Waals surface area contributed by atoms with Crippen LogP contribution in [-0.4, -0.2) is 11.1 Å². The van der Waals surface area contributed by atoms with Crippen LogP contribution in [0.25, 0.3) is 0 Å². The van der Waals surface area contributed by atoms with Crippen LogP contribution in [0.1, 0.15) is 35.3 Å². The Hall–Kier alpha value is -2.04. The van der Waals surface area contributed by atoms with Crippen LogP contribution in [-0.2, 0) is 5.54 Å². The molecule has 1 unspecified atom stereocenters. The second kappa shape index (κ2) is 4.57. The van der Waals surface area contributed by atoms with E-state index in [1.54, 1.807) is 13.1 Å². The first-order valence-corrected chi connectivity index (χ1v) is 6.02. The third kappa shape index (κ3) is 2.05. The lowest BCUT2D eigenvalue weighted by atomic mass is 9.78. The van der Waals surface area contributed by atoms with E-state index in [-0.39, 0.29) is 11.5 Å². The smallest absolute Gasteiger partial charge is 0.338 e. The molecule has 0 saturated heterocycles. The number of carboxylic acids is 1. The summed E-state index contributed by atoms with van der Waals surface area (Å²) in [6.07, 6.45) is 3.41. The van der Waals surface area contributed by atoms with Crippen LogP contribution in [0.5, 0.6) is 0 Å². The molecular weight excluding hydrogens is 247 g/mol. The first kappa shape index (κ1) is 13.4. The van der Waals surface area contributed by atoms with Gasteiger partial charge in [-0.05, 0) is 42.2 Å². The SMILES string of the molecule is Cc1cc(F)c(C(=O)O)cc1C1(C(C)C)C=CN=N1. The van der Waals surface area contributed by atoms with E-state index >= 15 is 0 Å². The second-order valence-corrected chi connectivity index (χ2v) is 4.96. The maximum Gasteiger partial charge on any atom is 0.338 e. The van der Waals surface area contributed by atoms with Gasteiger partial charge in [0.15, 0.2) is 0 Å². The third-order valence-corrected chi connectivity index (χ3v) is 3.47. The fourth-order valence-corrected chi connectivity index (χ4v) is 2.34.